The van der Waals surface area contributed by atoms with Gasteiger partial charge in [0.25, 0.3) is 10.7 Å². The molecule has 0 spiro atoms. The SMILES string of the molecule is CS(=O)(=O)c1ccc(-c2nc3cc(Cl)ccc3n2CC(=O)c2n[nH]c(=S)o2)cc1. The van der Waals surface area contributed by atoms with Crippen LogP contribution in [-0.4, -0.2) is 40.2 Å². The molecule has 4 aromatic rings. The lowest BCUT2D eigenvalue weighted by Gasteiger charge is -2.08. The number of nitrogens with zero attached hydrogens (tertiary/aromatic N) is 3. The fraction of sp³-hybridized carbons (Fsp3) is 0.111. The van der Waals surface area contributed by atoms with Crippen LogP contribution in [0.1, 0.15) is 10.7 Å². The Morgan fingerprint density at radius 2 is 1.97 bits per heavy atom. The highest BCUT2D eigenvalue weighted by molar-refractivity contribution is 7.90. The van der Waals surface area contributed by atoms with Crippen molar-refractivity contribution >= 4 is 50.5 Å². The van der Waals surface area contributed by atoms with E-state index in [9.17, 15) is 13.2 Å². The summed E-state index contributed by atoms with van der Waals surface area (Å²) in [4.78, 5) is 17.4. The number of nitrogens with one attached hydrogen (secondary N) is 1. The fourth-order valence-corrected chi connectivity index (χ4v) is 3.82. The minimum atomic E-state index is -3.33. The van der Waals surface area contributed by atoms with Gasteiger partial charge in [0.2, 0.25) is 5.78 Å². The van der Waals surface area contributed by atoms with Gasteiger partial charge in [-0.15, -0.1) is 5.10 Å². The van der Waals surface area contributed by atoms with Crippen LogP contribution in [0.5, 0.6) is 0 Å². The Morgan fingerprint density at radius 1 is 1.24 bits per heavy atom. The van der Waals surface area contributed by atoms with Crippen molar-refractivity contribution in [2.75, 3.05) is 6.26 Å². The first kappa shape index (κ1) is 19.5. The molecule has 0 saturated heterocycles. The van der Waals surface area contributed by atoms with E-state index in [1.807, 2.05) is 0 Å². The summed E-state index contributed by atoms with van der Waals surface area (Å²) in [6, 6.07) is 11.4. The lowest BCUT2D eigenvalue weighted by molar-refractivity contribution is 0.0939. The largest absolute Gasteiger partial charge is 0.406 e. The van der Waals surface area contributed by atoms with E-state index in [1.165, 1.54) is 12.1 Å². The monoisotopic (exact) mass is 448 g/mol. The number of fused-ring (bicyclic) bond motifs is 1. The molecule has 2 aromatic carbocycles. The van der Waals surface area contributed by atoms with Crippen LogP contribution >= 0.6 is 23.8 Å². The van der Waals surface area contributed by atoms with E-state index >= 15 is 0 Å². The maximum absolute atomic E-state index is 12.6. The van der Waals surface area contributed by atoms with Crippen LogP contribution in [0.15, 0.2) is 51.8 Å². The molecule has 0 bridgehead atoms. The highest BCUT2D eigenvalue weighted by Gasteiger charge is 2.20. The number of carbonyl (C=O) groups is 1. The molecule has 0 saturated carbocycles. The maximum Gasteiger partial charge on any atom is 0.284 e. The molecular formula is C18H13ClN4O4S2. The fourth-order valence-electron chi connectivity index (χ4n) is 2.89. The molecule has 0 fully saturated rings. The zero-order chi connectivity index (χ0) is 20.8. The van der Waals surface area contributed by atoms with Crippen LogP contribution in [0, 0.1) is 4.84 Å². The third-order valence-corrected chi connectivity index (χ3v) is 5.77. The molecule has 0 unspecified atom stereocenters. The number of imidazole rings is 1. The number of aromatic nitrogens is 4. The molecule has 4 rings (SSSR count). The van der Waals surface area contributed by atoms with Crippen LogP contribution in [0.2, 0.25) is 5.02 Å². The van der Waals surface area contributed by atoms with Gasteiger partial charge in [-0.3, -0.25) is 4.79 Å². The normalized spacial score (nSPS) is 11.8. The van der Waals surface area contributed by atoms with Gasteiger partial charge < -0.3 is 8.98 Å². The summed E-state index contributed by atoms with van der Waals surface area (Å²) in [5.41, 5.74) is 1.91. The Hall–Kier alpha value is -2.82. The van der Waals surface area contributed by atoms with Crippen molar-refractivity contribution in [1.82, 2.24) is 19.7 Å². The average molecular weight is 449 g/mol. The molecule has 11 heteroatoms. The molecule has 0 radical (unpaired) electrons. The standard InChI is InChI=1S/C18H13ClN4O4S2/c1-29(25,26)12-5-2-10(3-6-12)16-20-13-8-11(19)4-7-14(13)23(16)9-15(24)17-21-22-18(28)27-17/h2-8H,9H2,1H3,(H,22,28). The Balaban J connectivity index is 1.83. The Morgan fingerprint density at radius 3 is 2.59 bits per heavy atom. The molecule has 29 heavy (non-hydrogen) atoms. The van der Waals surface area contributed by atoms with E-state index in [1.54, 1.807) is 34.9 Å². The number of halogens is 1. The molecule has 2 heterocycles. The third-order valence-electron chi connectivity index (χ3n) is 4.23. The van der Waals surface area contributed by atoms with Crippen molar-refractivity contribution in [3.63, 3.8) is 0 Å². The summed E-state index contributed by atoms with van der Waals surface area (Å²) in [6.45, 7) is -0.107. The van der Waals surface area contributed by atoms with Gasteiger partial charge in [-0.2, -0.15) is 0 Å². The van der Waals surface area contributed by atoms with E-state index in [0.717, 1.165) is 6.26 Å². The molecule has 148 valence electrons. The van der Waals surface area contributed by atoms with Gasteiger partial charge >= 0.3 is 0 Å². The first-order valence-electron chi connectivity index (χ1n) is 8.27. The van der Waals surface area contributed by atoms with Gasteiger partial charge in [-0.1, -0.05) is 11.6 Å². The van der Waals surface area contributed by atoms with Crippen molar-refractivity contribution in [3.05, 3.63) is 58.2 Å². The van der Waals surface area contributed by atoms with Crippen LogP contribution in [0.25, 0.3) is 22.4 Å². The van der Waals surface area contributed by atoms with Crippen LogP contribution in [0.3, 0.4) is 0 Å². The molecule has 1 N–H and O–H groups in total. The number of rotatable bonds is 5. The number of ketones is 1. The zero-order valence-electron chi connectivity index (χ0n) is 14.9. The van der Waals surface area contributed by atoms with E-state index in [2.05, 4.69) is 15.2 Å². The number of H-pyrrole nitrogens is 1. The first-order chi connectivity index (χ1) is 13.7. The van der Waals surface area contributed by atoms with Crippen molar-refractivity contribution in [1.29, 1.82) is 0 Å². The molecule has 0 aliphatic heterocycles. The molecule has 0 atom stereocenters. The van der Waals surface area contributed by atoms with Gasteiger partial charge in [0.15, 0.2) is 9.84 Å². The summed E-state index contributed by atoms with van der Waals surface area (Å²) in [5, 5.41) is 6.69. The van der Waals surface area contributed by atoms with Gasteiger partial charge in [0.05, 0.1) is 22.5 Å². The molecule has 2 aromatic heterocycles. The highest BCUT2D eigenvalue weighted by atomic mass is 35.5. The number of carbonyl (C=O) groups excluding carboxylic acids is 1. The lowest BCUT2D eigenvalue weighted by Crippen LogP contribution is -2.12. The summed E-state index contributed by atoms with van der Waals surface area (Å²) in [5.74, 6) is -0.0606. The molecule has 0 amide bonds. The smallest absolute Gasteiger partial charge is 0.284 e. The quantitative estimate of drug-likeness (QED) is 0.366. The Labute approximate surface area is 175 Å². The van der Waals surface area contributed by atoms with E-state index < -0.39 is 15.6 Å². The topological polar surface area (TPSA) is 111 Å². The summed E-state index contributed by atoms with van der Waals surface area (Å²) >= 11 is 10.9. The minimum absolute atomic E-state index is 0.00667. The van der Waals surface area contributed by atoms with Crippen molar-refractivity contribution in [3.8, 4) is 11.4 Å². The van der Waals surface area contributed by atoms with Gasteiger partial charge in [-0.25, -0.2) is 18.5 Å². The van der Waals surface area contributed by atoms with Crippen molar-refractivity contribution < 1.29 is 17.6 Å². The molecule has 8 nitrogen and oxygen atoms in total. The van der Waals surface area contributed by atoms with Crippen LogP contribution < -0.4 is 0 Å². The number of Topliss-reactive ketones (excluding diaryl/α,β-unsaturated/α-hetero) is 1. The number of aromatic amines is 1. The van der Waals surface area contributed by atoms with Crippen LogP contribution in [0.4, 0.5) is 0 Å². The number of benzene rings is 2. The van der Waals surface area contributed by atoms with E-state index in [4.69, 9.17) is 28.2 Å². The summed E-state index contributed by atoms with van der Waals surface area (Å²) < 4.78 is 30.2. The summed E-state index contributed by atoms with van der Waals surface area (Å²) in [6.07, 6.45) is 1.14. The predicted molar refractivity (Wildman–Crippen MR) is 109 cm³/mol. The Kier molecular flexibility index (Phi) is 4.85. The van der Waals surface area contributed by atoms with Crippen molar-refractivity contribution in [2.24, 2.45) is 0 Å². The second-order valence-corrected chi connectivity index (χ2v) is 9.12. The summed E-state index contributed by atoms with van der Waals surface area (Å²) in [7, 11) is -3.33. The van der Waals surface area contributed by atoms with E-state index in [-0.39, 0.29) is 22.2 Å². The Bertz CT molecular complexity index is 1400. The second kappa shape index (κ2) is 7.21. The third kappa shape index (κ3) is 3.86. The lowest BCUT2D eigenvalue weighted by atomic mass is 10.2. The zero-order valence-corrected chi connectivity index (χ0v) is 17.3. The molecular weight excluding hydrogens is 436 g/mol. The number of hydrogen-bond acceptors (Lipinski definition) is 7. The van der Waals surface area contributed by atoms with Crippen molar-refractivity contribution in [2.45, 2.75) is 11.4 Å². The second-order valence-electron chi connectivity index (χ2n) is 6.29. The van der Waals surface area contributed by atoms with Gasteiger partial charge in [0, 0.05) is 16.8 Å². The van der Waals surface area contributed by atoms with E-state index in [0.29, 0.717) is 27.4 Å². The highest BCUT2D eigenvalue weighted by Crippen LogP contribution is 2.28. The predicted octanol–water partition coefficient (Wildman–Crippen LogP) is 3.69. The molecule has 0 aliphatic carbocycles. The number of hydrogen-bond donors (Lipinski definition) is 1. The first-order valence-corrected chi connectivity index (χ1v) is 10.9. The maximum atomic E-state index is 12.6. The number of sulfone groups is 1. The van der Waals surface area contributed by atoms with Gasteiger partial charge in [-0.05, 0) is 54.7 Å². The van der Waals surface area contributed by atoms with Gasteiger partial charge in [0.1, 0.15) is 5.82 Å². The molecule has 0 aliphatic rings. The van der Waals surface area contributed by atoms with Crippen LogP contribution in [-0.2, 0) is 16.4 Å². The average Bonchev–Trinajstić information content (AvgIpc) is 3.25. The minimum Gasteiger partial charge on any atom is -0.406 e.